The van der Waals surface area contributed by atoms with Crippen LogP contribution in [0.2, 0.25) is 0 Å². The predicted octanol–water partition coefficient (Wildman–Crippen LogP) is 3.37. The Morgan fingerprint density at radius 1 is 1.44 bits per heavy atom. The molecule has 0 fully saturated rings. The Balaban J connectivity index is 2.22. The van der Waals surface area contributed by atoms with Gasteiger partial charge in [-0.25, -0.2) is 4.79 Å². The van der Waals surface area contributed by atoms with Gasteiger partial charge in [-0.05, 0) is 24.0 Å². The number of carbonyl (C=O) groups excluding carboxylic acids is 1. The smallest absolute Gasteiger partial charge is 0.321 e. The standard InChI is InChI=1S/C15H22N2O/c1-4-9-16-15(18)17-10-13(11(2)3)12-7-5-6-8-14(12)17/h5-8,11,13H,4,9-10H2,1-3H3,(H,16,18). The van der Waals surface area contributed by atoms with Crippen LogP contribution < -0.4 is 10.2 Å². The molecule has 1 N–H and O–H groups in total. The van der Waals surface area contributed by atoms with Crippen molar-refractivity contribution in [3.05, 3.63) is 29.8 Å². The summed E-state index contributed by atoms with van der Waals surface area (Å²) >= 11 is 0. The van der Waals surface area contributed by atoms with Crippen molar-refractivity contribution in [2.75, 3.05) is 18.0 Å². The number of nitrogens with one attached hydrogen (secondary N) is 1. The van der Waals surface area contributed by atoms with Crippen LogP contribution in [0.1, 0.15) is 38.7 Å². The highest BCUT2D eigenvalue weighted by molar-refractivity contribution is 5.94. The fraction of sp³-hybridized carbons (Fsp3) is 0.533. The maximum Gasteiger partial charge on any atom is 0.321 e. The van der Waals surface area contributed by atoms with Gasteiger partial charge in [0.2, 0.25) is 0 Å². The Hall–Kier alpha value is -1.51. The van der Waals surface area contributed by atoms with Gasteiger partial charge in [-0.3, -0.25) is 4.90 Å². The molecule has 1 aliphatic heterocycles. The molecule has 1 heterocycles. The topological polar surface area (TPSA) is 32.3 Å². The van der Waals surface area contributed by atoms with E-state index >= 15 is 0 Å². The molecule has 0 saturated heterocycles. The van der Waals surface area contributed by atoms with Crippen molar-refractivity contribution in [3.8, 4) is 0 Å². The van der Waals surface area contributed by atoms with Gasteiger partial charge in [0.05, 0.1) is 0 Å². The Morgan fingerprint density at radius 2 is 2.17 bits per heavy atom. The summed E-state index contributed by atoms with van der Waals surface area (Å²) in [5.41, 5.74) is 2.38. The minimum atomic E-state index is 0.0347. The van der Waals surface area contributed by atoms with E-state index in [0.717, 1.165) is 25.2 Å². The van der Waals surface area contributed by atoms with E-state index in [2.05, 4.69) is 38.2 Å². The molecule has 0 aliphatic carbocycles. The molecule has 0 saturated carbocycles. The number of urea groups is 1. The van der Waals surface area contributed by atoms with Crippen LogP contribution in [0.15, 0.2) is 24.3 Å². The summed E-state index contributed by atoms with van der Waals surface area (Å²) in [7, 11) is 0. The second kappa shape index (κ2) is 5.42. The summed E-state index contributed by atoms with van der Waals surface area (Å²) in [6.07, 6.45) is 0.967. The van der Waals surface area contributed by atoms with Crippen LogP contribution in [0, 0.1) is 5.92 Å². The molecule has 3 heteroatoms. The maximum atomic E-state index is 12.1. The van der Waals surface area contributed by atoms with Crippen molar-refractivity contribution in [1.82, 2.24) is 5.32 Å². The first-order chi connectivity index (χ1) is 8.65. The number of amides is 2. The monoisotopic (exact) mass is 246 g/mol. The summed E-state index contributed by atoms with van der Waals surface area (Å²) in [6, 6.07) is 8.28. The van der Waals surface area contributed by atoms with E-state index in [0.29, 0.717) is 11.8 Å². The van der Waals surface area contributed by atoms with Gasteiger partial charge in [0.25, 0.3) is 0 Å². The highest BCUT2D eigenvalue weighted by Crippen LogP contribution is 2.39. The molecule has 2 rings (SSSR count). The number of anilines is 1. The van der Waals surface area contributed by atoms with E-state index in [1.807, 2.05) is 17.0 Å². The van der Waals surface area contributed by atoms with Crippen LogP contribution in [0.3, 0.4) is 0 Å². The quantitative estimate of drug-likeness (QED) is 0.871. The van der Waals surface area contributed by atoms with Crippen molar-refractivity contribution >= 4 is 11.7 Å². The van der Waals surface area contributed by atoms with Crippen LogP contribution >= 0.6 is 0 Å². The molecule has 1 aromatic rings. The SMILES string of the molecule is CCCNC(=O)N1CC(C(C)C)c2ccccc21. The molecule has 1 aromatic carbocycles. The number of carbonyl (C=O) groups is 1. The molecular weight excluding hydrogens is 224 g/mol. The van der Waals surface area contributed by atoms with Crippen molar-refractivity contribution in [3.63, 3.8) is 0 Å². The van der Waals surface area contributed by atoms with Gasteiger partial charge in [0, 0.05) is 24.7 Å². The van der Waals surface area contributed by atoms with Crippen LogP contribution in [-0.4, -0.2) is 19.1 Å². The number of rotatable bonds is 3. The normalized spacial score (nSPS) is 18.0. The van der Waals surface area contributed by atoms with Crippen LogP contribution in [0.4, 0.5) is 10.5 Å². The third kappa shape index (κ3) is 2.35. The summed E-state index contributed by atoms with van der Waals surface area (Å²) in [5, 5.41) is 2.96. The Kier molecular flexibility index (Phi) is 3.90. The summed E-state index contributed by atoms with van der Waals surface area (Å²) < 4.78 is 0. The Bertz CT molecular complexity index is 428. The summed E-state index contributed by atoms with van der Waals surface area (Å²) in [5.74, 6) is 1.00. The average molecular weight is 246 g/mol. The summed E-state index contributed by atoms with van der Waals surface area (Å²) in [4.78, 5) is 14.0. The molecule has 0 aromatic heterocycles. The number of nitrogens with zero attached hydrogens (tertiary/aromatic N) is 1. The van der Waals surface area contributed by atoms with Gasteiger partial charge >= 0.3 is 6.03 Å². The molecule has 18 heavy (non-hydrogen) atoms. The van der Waals surface area contributed by atoms with Gasteiger partial charge in [-0.1, -0.05) is 39.0 Å². The number of para-hydroxylation sites is 1. The highest BCUT2D eigenvalue weighted by atomic mass is 16.2. The van der Waals surface area contributed by atoms with E-state index in [9.17, 15) is 4.79 Å². The number of hydrogen-bond donors (Lipinski definition) is 1. The molecule has 0 radical (unpaired) electrons. The van der Waals surface area contributed by atoms with Gasteiger partial charge in [-0.15, -0.1) is 0 Å². The molecule has 0 spiro atoms. The fourth-order valence-electron chi connectivity index (χ4n) is 2.53. The zero-order valence-electron chi connectivity index (χ0n) is 11.4. The van der Waals surface area contributed by atoms with Crippen molar-refractivity contribution in [2.24, 2.45) is 5.92 Å². The Morgan fingerprint density at radius 3 is 2.83 bits per heavy atom. The van der Waals surface area contributed by atoms with E-state index in [1.165, 1.54) is 5.56 Å². The minimum absolute atomic E-state index is 0.0347. The third-order valence-corrected chi connectivity index (χ3v) is 3.58. The van der Waals surface area contributed by atoms with E-state index in [4.69, 9.17) is 0 Å². The highest BCUT2D eigenvalue weighted by Gasteiger charge is 2.33. The second-order valence-corrected chi connectivity index (χ2v) is 5.25. The lowest BCUT2D eigenvalue weighted by Crippen LogP contribution is -2.40. The third-order valence-electron chi connectivity index (χ3n) is 3.58. The fourth-order valence-corrected chi connectivity index (χ4v) is 2.53. The second-order valence-electron chi connectivity index (χ2n) is 5.25. The van der Waals surface area contributed by atoms with Gasteiger partial charge < -0.3 is 5.32 Å². The first-order valence-electron chi connectivity index (χ1n) is 6.79. The van der Waals surface area contributed by atoms with Crippen LogP contribution in [0.5, 0.6) is 0 Å². The predicted molar refractivity (Wildman–Crippen MR) is 75.1 cm³/mol. The summed E-state index contributed by atoms with van der Waals surface area (Å²) in [6.45, 7) is 8.04. The number of hydrogen-bond acceptors (Lipinski definition) is 1. The molecule has 1 atom stereocenters. The lowest BCUT2D eigenvalue weighted by atomic mass is 9.90. The Labute approximate surface area is 109 Å². The van der Waals surface area contributed by atoms with E-state index in [1.54, 1.807) is 0 Å². The first-order valence-corrected chi connectivity index (χ1v) is 6.79. The molecule has 3 nitrogen and oxygen atoms in total. The molecule has 2 amide bonds. The van der Waals surface area contributed by atoms with Crippen molar-refractivity contribution in [2.45, 2.75) is 33.1 Å². The lowest BCUT2D eigenvalue weighted by Gasteiger charge is -2.19. The molecule has 98 valence electrons. The maximum absolute atomic E-state index is 12.1. The number of fused-ring (bicyclic) bond motifs is 1. The number of benzene rings is 1. The first kappa shape index (κ1) is 12.9. The minimum Gasteiger partial charge on any atom is -0.338 e. The lowest BCUT2D eigenvalue weighted by molar-refractivity contribution is 0.246. The van der Waals surface area contributed by atoms with E-state index < -0.39 is 0 Å². The largest absolute Gasteiger partial charge is 0.338 e. The van der Waals surface area contributed by atoms with Gasteiger partial charge in [-0.2, -0.15) is 0 Å². The molecule has 1 unspecified atom stereocenters. The zero-order valence-corrected chi connectivity index (χ0v) is 11.4. The van der Waals surface area contributed by atoms with Crippen molar-refractivity contribution in [1.29, 1.82) is 0 Å². The van der Waals surface area contributed by atoms with Crippen LogP contribution in [-0.2, 0) is 0 Å². The molecular formula is C15H22N2O. The van der Waals surface area contributed by atoms with E-state index in [-0.39, 0.29) is 6.03 Å². The van der Waals surface area contributed by atoms with Gasteiger partial charge in [0.15, 0.2) is 0 Å². The van der Waals surface area contributed by atoms with Crippen LogP contribution in [0.25, 0.3) is 0 Å². The van der Waals surface area contributed by atoms with Crippen molar-refractivity contribution < 1.29 is 4.79 Å². The molecule has 1 aliphatic rings. The average Bonchev–Trinajstić information content (AvgIpc) is 2.75. The zero-order chi connectivity index (χ0) is 13.1. The molecule has 0 bridgehead atoms. The van der Waals surface area contributed by atoms with Gasteiger partial charge in [0.1, 0.15) is 0 Å².